The predicted molar refractivity (Wildman–Crippen MR) is 145 cm³/mol. The summed E-state index contributed by atoms with van der Waals surface area (Å²) in [6, 6.07) is 22.5. The van der Waals surface area contributed by atoms with Gasteiger partial charge in [-0.05, 0) is 43.3 Å². The van der Waals surface area contributed by atoms with Crippen LogP contribution in [0.4, 0.5) is 17.5 Å². The number of fused-ring (bicyclic) bond motifs is 1. The van der Waals surface area contributed by atoms with E-state index < -0.39 is 6.04 Å². The molecule has 1 amide bonds. The van der Waals surface area contributed by atoms with E-state index in [2.05, 4.69) is 20.6 Å². The summed E-state index contributed by atoms with van der Waals surface area (Å²) in [7, 11) is 0. The number of nitrogens with two attached hydrogens (primary N) is 1. The number of carbonyl (C=O) groups excluding carboxylic acids is 1. The molecular weight excluding hydrogens is 490 g/mol. The highest BCUT2D eigenvalue weighted by Gasteiger charge is 2.21. The molecule has 0 fully saturated rings. The molecule has 0 bridgehead atoms. The Bertz CT molecular complexity index is 1660. The average Bonchev–Trinajstić information content (AvgIpc) is 2.91. The summed E-state index contributed by atoms with van der Waals surface area (Å²) in [5.74, 6) is 0.392. The van der Waals surface area contributed by atoms with Crippen molar-refractivity contribution in [1.82, 2.24) is 19.5 Å². The van der Waals surface area contributed by atoms with Crippen molar-refractivity contribution in [2.24, 2.45) is 0 Å². The van der Waals surface area contributed by atoms with Crippen LogP contribution in [-0.2, 0) is 0 Å². The van der Waals surface area contributed by atoms with Crippen molar-refractivity contribution in [2.75, 3.05) is 16.4 Å². The molecular formula is C27H22ClN7O2. The van der Waals surface area contributed by atoms with Crippen LogP contribution >= 0.6 is 11.6 Å². The molecule has 0 aliphatic carbocycles. The Kier molecular flexibility index (Phi) is 6.53. The Balaban J connectivity index is 1.58. The summed E-state index contributed by atoms with van der Waals surface area (Å²) in [5.41, 5.74) is 7.46. The number of para-hydroxylation sites is 1. The topological polar surface area (TPSA) is 128 Å². The van der Waals surface area contributed by atoms with E-state index in [9.17, 15) is 9.59 Å². The molecule has 5 rings (SSSR count). The molecule has 184 valence electrons. The van der Waals surface area contributed by atoms with E-state index in [4.69, 9.17) is 22.3 Å². The quantitative estimate of drug-likeness (QED) is 0.297. The first-order chi connectivity index (χ1) is 17.9. The lowest BCUT2D eigenvalue weighted by atomic mass is 10.2. The second kappa shape index (κ2) is 10.1. The number of carbonyl (C=O) groups is 1. The Morgan fingerprint density at radius 2 is 1.68 bits per heavy atom. The third kappa shape index (κ3) is 4.85. The number of anilines is 3. The molecule has 4 N–H and O–H groups in total. The Morgan fingerprint density at radius 3 is 2.41 bits per heavy atom. The first-order valence-corrected chi connectivity index (χ1v) is 11.8. The molecule has 1 unspecified atom stereocenters. The van der Waals surface area contributed by atoms with E-state index in [1.165, 1.54) is 10.8 Å². The molecule has 2 aromatic heterocycles. The van der Waals surface area contributed by atoms with Crippen LogP contribution in [0.1, 0.15) is 29.1 Å². The smallest absolute Gasteiger partial charge is 0.267 e. The summed E-state index contributed by atoms with van der Waals surface area (Å²) < 4.78 is 1.51. The second-order valence-electron chi connectivity index (χ2n) is 8.26. The van der Waals surface area contributed by atoms with Crippen LogP contribution < -0.4 is 21.9 Å². The van der Waals surface area contributed by atoms with Gasteiger partial charge in [0, 0.05) is 5.56 Å². The van der Waals surface area contributed by atoms with Gasteiger partial charge in [0.05, 0.1) is 33.9 Å². The van der Waals surface area contributed by atoms with Crippen LogP contribution in [0, 0.1) is 0 Å². The number of nitrogen functional groups attached to an aromatic ring is 1. The van der Waals surface area contributed by atoms with Crippen molar-refractivity contribution in [3.63, 3.8) is 0 Å². The van der Waals surface area contributed by atoms with Gasteiger partial charge < -0.3 is 16.4 Å². The number of benzene rings is 3. The maximum absolute atomic E-state index is 13.7. The van der Waals surface area contributed by atoms with E-state index in [0.717, 1.165) is 0 Å². The van der Waals surface area contributed by atoms with Crippen LogP contribution in [0.15, 0.2) is 89.9 Å². The fourth-order valence-corrected chi connectivity index (χ4v) is 4.22. The van der Waals surface area contributed by atoms with Crippen LogP contribution in [0.3, 0.4) is 0 Å². The predicted octanol–water partition coefficient (Wildman–Crippen LogP) is 4.84. The summed E-state index contributed by atoms with van der Waals surface area (Å²) >= 11 is 6.38. The number of nitrogens with zero attached hydrogens (tertiary/aromatic N) is 4. The lowest BCUT2D eigenvalue weighted by Gasteiger charge is -2.21. The fourth-order valence-electron chi connectivity index (χ4n) is 3.97. The lowest BCUT2D eigenvalue weighted by Crippen LogP contribution is -2.28. The minimum atomic E-state index is -0.544. The van der Waals surface area contributed by atoms with E-state index in [-0.39, 0.29) is 23.2 Å². The van der Waals surface area contributed by atoms with Crippen molar-refractivity contribution in [1.29, 1.82) is 0 Å². The largest absolute Gasteiger partial charge is 0.368 e. The Morgan fingerprint density at radius 1 is 0.973 bits per heavy atom. The van der Waals surface area contributed by atoms with Gasteiger partial charge in [-0.15, -0.1) is 0 Å². The summed E-state index contributed by atoms with van der Waals surface area (Å²) in [5, 5.41) is 6.70. The molecule has 0 spiro atoms. The molecule has 1 atom stereocenters. The molecule has 0 aliphatic heterocycles. The number of hydrogen-bond donors (Lipinski definition) is 3. The van der Waals surface area contributed by atoms with E-state index in [1.807, 2.05) is 43.3 Å². The third-order valence-electron chi connectivity index (χ3n) is 5.72. The van der Waals surface area contributed by atoms with Crippen molar-refractivity contribution in [2.45, 2.75) is 13.0 Å². The summed E-state index contributed by atoms with van der Waals surface area (Å²) in [6.07, 6.45) is 1.43. The number of amides is 1. The van der Waals surface area contributed by atoms with E-state index in [0.29, 0.717) is 38.7 Å². The normalized spacial score (nSPS) is 11.7. The van der Waals surface area contributed by atoms with E-state index >= 15 is 0 Å². The van der Waals surface area contributed by atoms with Gasteiger partial charge in [-0.25, -0.2) is 9.97 Å². The van der Waals surface area contributed by atoms with Crippen LogP contribution in [0.2, 0.25) is 5.02 Å². The zero-order valence-electron chi connectivity index (χ0n) is 19.7. The van der Waals surface area contributed by atoms with Gasteiger partial charge in [0.2, 0.25) is 5.95 Å². The Labute approximate surface area is 217 Å². The van der Waals surface area contributed by atoms with Crippen LogP contribution in [-0.4, -0.2) is 25.4 Å². The lowest BCUT2D eigenvalue weighted by molar-refractivity contribution is 0.102. The molecule has 0 saturated carbocycles. The molecule has 2 heterocycles. The summed E-state index contributed by atoms with van der Waals surface area (Å²) in [6.45, 7) is 1.83. The average molecular weight is 512 g/mol. The van der Waals surface area contributed by atoms with Gasteiger partial charge in [0.15, 0.2) is 5.82 Å². The highest BCUT2D eigenvalue weighted by atomic mass is 35.5. The highest BCUT2D eigenvalue weighted by Crippen LogP contribution is 2.27. The zero-order chi connectivity index (χ0) is 25.9. The monoisotopic (exact) mass is 511 g/mol. The van der Waals surface area contributed by atoms with Gasteiger partial charge in [-0.3, -0.25) is 14.2 Å². The maximum Gasteiger partial charge on any atom is 0.267 e. The van der Waals surface area contributed by atoms with Crippen molar-refractivity contribution in [3.8, 4) is 5.69 Å². The molecule has 3 aromatic carbocycles. The van der Waals surface area contributed by atoms with Gasteiger partial charge in [-0.2, -0.15) is 4.98 Å². The molecule has 9 nitrogen and oxygen atoms in total. The van der Waals surface area contributed by atoms with Crippen molar-refractivity contribution < 1.29 is 4.79 Å². The fraction of sp³-hybridized carbons (Fsp3) is 0.0741. The number of hydrogen-bond acceptors (Lipinski definition) is 7. The first kappa shape index (κ1) is 24.0. The molecule has 10 heteroatoms. The minimum Gasteiger partial charge on any atom is -0.368 e. The summed E-state index contributed by atoms with van der Waals surface area (Å²) in [4.78, 5) is 39.5. The Hall–Kier alpha value is -4.76. The SMILES string of the molecule is CC(Nc1nc(N)ncc1NC(=O)c1ccccc1)c1nc2cccc(Cl)c2c(=O)n1-c1ccccc1. The minimum absolute atomic E-state index is 0.0195. The zero-order valence-corrected chi connectivity index (χ0v) is 20.5. The molecule has 37 heavy (non-hydrogen) atoms. The van der Waals surface area contributed by atoms with E-state index in [1.54, 1.807) is 42.5 Å². The molecule has 0 radical (unpaired) electrons. The molecule has 5 aromatic rings. The number of halogens is 1. The molecule has 0 saturated heterocycles. The van der Waals surface area contributed by atoms with Gasteiger partial charge in [-0.1, -0.05) is 54.1 Å². The van der Waals surface area contributed by atoms with Crippen molar-refractivity contribution >= 4 is 45.9 Å². The third-order valence-corrected chi connectivity index (χ3v) is 6.03. The van der Waals surface area contributed by atoms with Gasteiger partial charge >= 0.3 is 0 Å². The number of rotatable bonds is 6. The van der Waals surface area contributed by atoms with Crippen molar-refractivity contribution in [3.05, 3.63) is 112 Å². The maximum atomic E-state index is 13.7. The van der Waals surface area contributed by atoms with Gasteiger partial charge in [0.25, 0.3) is 11.5 Å². The standard InChI is InChI=1S/C27H22ClN7O2/c1-16(31-23-21(15-30-27(29)34-23)33-25(36)17-9-4-2-5-10-17)24-32-20-14-8-13-19(28)22(20)26(37)35(24)18-11-6-3-7-12-18/h2-16H,1H3,(H,33,36)(H3,29,30,31,34). The first-order valence-electron chi connectivity index (χ1n) is 11.4. The number of nitrogens with one attached hydrogen (secondary N) is 2. The molecule has 0 aliphatic rings. The van der Waals surface area contributed by atoms with Crippen LogP contribution in [0.25, 0.3) is 16.6 Å². The van der Waals surface area contributed by atoms with Gasteiger partial charge in [0.1, 0.15) is 11.5 Å². The second-order valence-corrected chi connectivity index (χ2v) is 8.66. The highest BCUT2D eigenvalue weighted by molar-refractivity contribution is 6.35. The number of aromatic nitrogens is 4. The van der Waals surface area contributed by atoms with Crippen LogP contribution in [0.5, 0.6) is 0 Å².